The maximum atomic E-state index is 6.03. The molecular weight excluding hydrogens is 206 g/mol. The zero-order chi connectivity index (χ0) is 13.5. The van der Waals surface area contributed by atoms with Crippen molar-refractivity contribution in [2.24, 2.45) is 17.1 Å². The molecule has 0 aliphatic rings. The standard InChI is InChI=1S/C16H33N/c1-7-15(3,4)12-10-8-9-11-14(2)13-16(5,6)17/h10,12,14H,7-9,11,13,17H2,1-6H3/b12-10+. The van der Waals surface area contributed by atoms with Gasteiger partial charge in [-0.1, -0.05) is 46.3 Å². The van der Waals surface area contributed by atoms with Gasteiger partial charge < -0.3 is 5.73 Å². The number of hydrogen-bond acceptors (Lipinski definition) is 1. The number of nitrogens with two attached hydrogens (primary N) is 1. The molecule has 0 amide bonds. The van der Waals surface area contributed by atoms with E-state index in [-0.39, 0.29) is 5.54 Å². The molecule has 0 spiro atoms. The predicted octanol–water partition coefficient (Wildman–Crippen LogP) is 4.91. The first-order chi connectivity index (χ1) is 7.66. The van der Waals surface area contributed by atoms with Crippen LogP contribution in [-0.4, -0.2) is 5.54 Å². The molecule has 1 nitrogen and oxygen atoms in total. The minimum atomic E-state index is -0.0144. The van der Waals surface area contributed by atoms with Crippen LogP contribution in [0, 0.1) is 11.3 Å². The molecular formula is C16H33N. The Morgan fingerprint density at radius 1 is 1.18 bits per heavy atom. The van der Waals surface area contributed by atoms with Gasteiger partial charge in [-0.25, -0.2) is 0 Å². The number of allylic oxidation sites excluding steroid dienone is 2. The maximum Gasteiger partial charge on any atom is 0.00995 e. The van der Waals surface area contributed by atoms with Crippen LogP contribution in [-0.2, 0) is 0 Å². The summed E-state index contributed by atoms with van der Waals surface area (Å²) in [5.74, 6) is 0.739. The normalized spacial score (nSPS) is 15.5. The van der Waals surface area contributed by atoms with Gasteiger partial charge in [0.15, 0.2) is 0 Å². The van der Waals surface area contributed by atoms with Crippen LogP contribution in [0.3, 0.4) is 0 Å². The highest BCUT2D eigenvalue weighted by Gasteiger charge is 2.15. The van der Waals surface area contributed by atoms with Crippen LogP contribution in [0.25, 0.3) is 0 Å². The highest BCUT2D eigenvalue weighted by molar-refractivity contribution is 4.93. The average molecular weight is 239 g/mol. The SMILES string of the molecule is CCC(C)(C)/C=C/CCCC(C)CC(C)(C)N. The fraction of sp³-hybridized carbons (Fsp3) is 0.875. The summed E-state index contributed by atoms with van der Waals surface area (Å²) in [6, 6.07) is 0. The van der Waals surface area contributed by atoms with Crippen molar-refractivity contribution in [3.05, 3.63) is 12.2 Å². The van der Waals surface area contributed by atoms with Gasteiger partial charge in [-0.15, -0.1) is 0 Å². The van der Waals surface area contributed by atoms with Crippen molar-refractivity contribution >= 4 is 0 Å². The Morgan fingerprint density at radius 3 is 2.24 bits per heavy atom. The van der Waals surface area contributed by atoms with E-state index in [4.69, 9.17) is 5.73 Å². The molecule has 0 bridgehead atoms. The van der Waals surface area contributed by atoms with Crippen LogP contribution in [0.2, 0.25) is 0 Å². The van der Waals surface area contributed by atoms with E-state index < -0.39 is 0 Å². The molecule has 102 valence electrons. The fourth-order valence-corrected chi connectivity index (χ4v) is 2.10. The lowest BCUT2D eigenvalue weighted by atomic mass is 9.88. The van der Waals surface area contributed by atoms with Crippen molar-refractivity contribution in [2.45, 2.75) is 79.2 Å². The average Bonchev–Trinajstić information content (AvgIpc) is 2.14. The molecule has 0 aromatic rings. The molecule has 0 radical (unpaired) electrons. The molecule has 1 unspecified atom stereocenters. The number of rotatable bonds is 8. The Hall–Kier alpha value is -0.300. The third kappa shape index (κ3) is 10.6. The highest BCUT2D eigenvalue weighted by Crippen LogP contribution is 2.22. The van der Waals surface area contributed by atoms with E-state index >= 15 is 0 Å². The van der Waals surface area contributed by atoms with Crippen molar-refractivity contribution in [3.63, 3.8) is 0 Å². The summed E-state index contributed by atoms with van der Waals surface area (Å²) in [6.07, 6.45) is 10.8. The van der Waals surface area contributed by atoms with Crippen molar-refractivity contribution in [2.75, 3.05) is 0 Å². The van der Waals surface area contributed by atoms with Crippen LogP contribution in [0.5, 0.6) is 0 Å². The van der Waals surface area contributed by atoms with Crippen molar-refractivity contribution in [1.29, 1.82) is 0 Å². The van der Waals surface area contributed by atoms with Gasteiger partial charge in [0.25, 0.3) is 0 Å². The van der Waals surface area contributed by atoms with E-state index in [1.54, 1.807) is 0 Å². The van der Waals surface area contributed by atoms with Crippen LogP contribution in [0.15, 0.2) is 12.2 Å². The second-order valence-corrected chi connectivity index (χ2v) is 6.97. The lowest BCUT2D eigenvalue weighted by Crippen LogP contribution is -2.33. The Kier molecular flexibility index (Phi) is 7.08. The first kappa shape index (κ1) is 16.7. The molecule has 0 aromatic heterocycles. The Labute approximate surface area is 109 Å². The minimum Gasteiger partial charge on any atom is -0.326 e. The Bertz CT molecular complexity index is 220. The Balaban J connectivity index is 3.72. The Morgan fingerprint density at radius 2 is 1.76 bits per heavy atom. The summed E-state index contributed by atoms with van der Waals surface area (Å²) < 4.78 is 0. The molecule has 0 aromatic carbocycles. The van der Waals surface area contributed by atoms with Gasteiger partial charge >= 0.3 is 0 Å². The molecule has 0 aliphatic carbocycles. The molecule has 0 aliphatic heterocycles. The summed E-state index contributed by atoms with van der Waals surface area (Å²) in [5.41, 5.74) is 6.38. The predicted molar refractivity (Wildman–Crippen MR) is 79.1 cm³/mol. The highest BCUT2D eigenvalue weighted by atomic mass is 14.7. The molecule has 1 heteroatoms. The zero-order valence-corrected chi connectivity index (χ0v) is 12.8. The van der Waals surface area contributed by atoms with Crippen LogP contribution < -0.4 is 5.73 Å². The quantitative estimate of drug-likeness (QED) is 0.472. The van der Waals surface area contributed by atoms with Gasteiger partial charge in [0, 0.05) is 5.54 Å². The summed E-state index contributed by atoms with van der Waals surface area (Å²) >= 11 is 0. The first-order valence-electron chi connectivity index (χ1n) is 7.13. The van der Waals surface area contributed by atoms with Crippen molar-refractivity contribution < 1.29 is 0 Å². The third-order valence-electron chi connectivity index (χ3n) is 3.42. The molecule has 0 saturated heterocycles. The molecule has 0 rings (SSSR count). The van der Waals surface area contributed by atoms with E-state index in [1.807, 2.05) is 0 Å². The summed E-state index contributed by atoms with van der Waals surface area (Å²) in [5, 5.41) is 0. The summed E-state index contributed by atoms with van der Waals surface area (Å²) in [7, 11) is 0. The minimum absolute atomic E-state index is 0.0144. The third-order valence-corrected chi connectivity index (χ3v) is 3.42. The molecule has 0 fully saturated rings. The van der Waals surface area contributed by atoms with Crippen LogP contribution in [0.1, 0.15) is 73.6 Å². The second-order valence-electron chi connectivity index (χ2n) is 6.97. The van der Waals surface area contributed by atoms with Gasteiger partial charge in [-0.05, 0) is 50.9 Å². The maximum absolute atomic E-state index is 6.03. The fourth-order valence-electron chi connectivity index (χ4n) is 2.10. The van der Waals surface area contributed by atoms with Gasteiger partial charge in [0.2, 0.25) is 0 Å². The monoisotopic (exact) mass is 239 g/mol. The molecule has 1 atom stereocenters. The van der Waals surface area contributed by atoms with E-state index in [0.717, 1.165) is 12.3 Å². The van der Waals surface area contributed by atoms with Gasteiger partial charge in [0.05, 0.1) is 0 Å². The number of unbranched alkanes of at least 4 members (excludes halogenated alkanes) is 1. The van der Waals surface area contributed by atoms with E-state index in [9.17, 15) is 0 Å². The van der Waals surface area contributed by atoms with Crippen molar-refractivity contribution in [3.8, 4) is 0 Å². The van der Waals surface area contributed by atoms with Gasteiger partial charge in [-0.3, -0.25) is 0 Å². The van der Waals surface area contributed by atoms with E-state index in [0.29, 0.717) is 5.41 Å². The topological polar surface area (TPSA) is 26.0 Å². The largest absolute Gasteiger partial charge is 0.326 e. The molecule has 0 saturated carbocycles. The van der Waals surface area contributed by atoms with Crippen LogP contribution >= 0.6 is 0 Å². The second kappa shape index (κ2) is 7.20. The summed E-state index contributed by atoms with van der Waals surface area (Å²) in [4.78, 5) is 0. The van der Waals surface area contributed by atoms with Crippen molar-refractivity contribution in [1.82, 2.24) is 0 Å². The van der Waals surface area contributed by atoms with E-state index in [1.165, 1.54) is 25.7 Å². The summed E-state index contributed by atoms with van der Waals surface area (Å²) in [6.45, 7) is 13.4. The van der Waals surface area contributed by atoms with E-state index in [2.05, 4.69) is 53.7 Å². The number of hydrogen-bond donors (Lipinski definition) is 1. The van der Waals surface area contributed by atoms with Gasteiger partial charge in [0.1, 0.15) is 0 Å². The molecule has 0 heterocycles. The van der Waals surface area contributed by atoms with Gasteiger partial charge in [-0.2, -0.15) is 0 Å². The lowest BCUT2D eigenvalue weighted by molar-refractivity contribution is 0.359. The smallest absolute Gasteiger partial charge is 0.00995 e. The lowest BCUT2D eigenvalue weighted by Gasteiger charge is -2.23. The molecule has 17 heavy (non-hydrogen) atoms. The zero-order valence-electron chi connectivity index (χ0n) is 12.8. The molecule has 2 N–H and O–H groups in total. The first-order valence-corrected chi connectivity index (χ1v) is 7.13. The van der Waals surface area contributed by atoms with Crippen LogP contribution in [0.4, 0.5) is 0 Å².